The van der Waals surface area contributed by atoms with Gasteiger partial charge in [0.25, 0.3) is 5.91 Å². The summed E-state index contributed by atoms with van der Waals surface area (Å²) < 4.78 is 1.36. The predicted molar refractivity (Wildman–Crippen MR) is 96.1 cm³/mol. The molecule has 26 heavy (non-hydrogen) atoms. The fraction of sp³-hybridized carbons (Fsp3) is 0.118. The Morgan fingerprint density at radius 1 is 1.31 bits per heavy atom. The molecule has 1 amide bonds. The fourth-order valence-corrected chi connectivity index (χ4v) is 2.28. The summed E-state index contributed by atoms with van der Waals surface area (Å²) in [5, 5.41) is 18.8. The standard InChI is InChI=1S/C17H16N8O/c1-25-13(9-18)8-15(24-25)17(26)23-11-4-6-20-12(7-11)10-22-14-3-2-5-21-16(14)19/h2-8,22H,10H2,1H3,(H2,19,21)(H,20,23,26). The van der Waals surface area contributed by atoms with Crippen LogP contribution in [0.15, 0.2) is 42.7 Å². The van der Waals surface area contributed by atoms with E-state index in [9.17, 15) is 4.79 Å². The molecular formula is C17H16N8O. The van der Waals surface area contributed by atoms with E-state index in [0.29, 0.717) is 35.1 Å². The van der Waals surface area contributed by atoms with E-state index >= 15 is 0 Å². The molecule has 9 nitrogen and oxygen atoms in total. The van der Waals surface area contributed by atoms with Gasteiger partial charge in [-0.3, -0.25) is 14.5 Å². The summed E-state index contributed by atoms with van der Waals surface area (Å²) in [6.07, 6.45) is 3.21. The highest BCUT2D eigenvalue weighted by Crippen LogP contribution is 2.16. The highest BCUT2D eigenvalue weighted by atomic mass is 16.1. The van der Waals surface area contributed by atoms with Crippen molar-refractivity contribution in [2.45, 2.75) is 6.54 Å². The molecule has 4 N–H and O–H groups in total. The van der Waals surface area contributed by atoms with Crippen LogP contribution in [0.5, 0.6) is 0 Å². The van der Waals surface area contributed by atoms with Gasteiger partial charge in [0.15, 0.2) is 5.69 Å². The summed E-state index contributed by atoms with van der Waals surface area (Å²) in [6, 6.07) is 10.4. The maximum absolute atomic E-state index is 12.3. The Morgan fingerprint density at radius 3 is 2.88 bits per heavy atom. The number of nitrogens with zero attached hydrogens (tertiary/aromatic N) is 5. The van der Waals surface area contributed by atoms with Crippen molar-refractivity contribution in [1.82, 2.24) is 19.7 Å². The second-order valence-corrected chi connectivity index (χ2v) is 5.43. The van der Waals surface area contributed by atoms with E-state index in [0.717, 1.165) is 0 Å². The highest BCUT2D eigenvalue weighted by molar-refractivity contribution is 6.03. The fourth-order valence-electron chi connectivity index (χ4n) is 2.28. The van der Waals surface area contributed by atoms with E-state index in [2.05, 4.69) is 25.7 Å². The predicted octanol–water partition coefficient (Wildman–Crippen LogP) is 1.53. The summed E-state index contributed by atoms with van der Waals surface area (Å²) in [4.78, 5) is 20.5. The summed E-state index contributed by atoms with van der Waals surface area (Å²) >= 11 is 0. The van der Waals surface area contributed by atoms with E-state index in [4.69, 9.17) is 11.0 Å². The van der Waals surface area contributed by atoms with Crippen LogP contribution in [0.1, 0.15) is 21.9 Å². The van der Waals surface area contributed by atoms with Crippen LogP contribution in [0.25, 0.3) is 0 Å². The molecule has 3 rings (SSSR count). The number of nitrogen functional groups attached to an aromatic ring is 1. The number of hydrogen-bond donors (Lipinski definition) is 3. The van der Waals surface area contributed by atoms with Gasteiger partial charge in [-0.2, -0.15) is 10.4 Å². The molecule has 0 aliphatic carbocycles. The lowest BCUT2D eigenvalue weighted by molar-refractivity contribution is 0.102. The molecule has 3 aromatic heterocycles. The third-order valence-corrected chi connectivity index (χ3v) is 3.60. The summed E-state index contributed by atoms with van der Waals surface area (Å²) in [5.74, 6) is 0.00381. The number of hydrogen-bond acceptors (Lipinski definition) is 7. The van der Waals surface area contributed by atoms with Gasteiger partial charge in [0, 0.05) is 31.2 Å². The minimum Gasteiger partial charge on any atom is -0.382 e. The van der Waals surface area contributed by atoms with Crippen molar-refractivity contribution in [2.24, 2.45) is 7.05 Å². The molecule has 0 bridgehead atoms. The average Bonchev–Trinajstić information content (AvgIpc) is 3.02. The quantitative estimate of drug-likeness (QED) is 0.636. The van der Waals surface area contributed by atoms with Crippen molar-refractivity contribution < 1.29 is 4.79 Å². The lowest BCUT2D eigenvalue weighted by Gasteiger charge is -2.09. The number of aromatic nitrogens is 4. The first-order valence-electron chi connectivity index (χ1n) is 7.71. The first-order chi connectivity index (χ1) is 12.6. The van der Waals surface area contributed by atoms with Crippen LogP contribution in [-0.2, 0) is 13.6 Å². The minimum absolute atomic E-state index is 0.170. The molecule has 0 unspecified atom stereocenters. The van der Waals surface area contributed by atoms with Crippen LogP contribution in [0, 0.1) is 11.3 Å². The van der Waals surface area contributed by atoms with Gasteiger partial charge >= 0.3 is 0 Å². The van der Waals surface area contributed by atoms with Gasteiger partial charge in [0.05, 0.1) is 17.9 Å². The van der Waals surface area contributed by atoms with Crippen molar-refractivity contribution in [3.63, 3.8) is 0 Å². The molecule has 0 aliphatic heterocycles. The van der Waals surface area contributed by atoms with Gasteiger partial charge in [-0.05, 0) is 24.3 Å². The first kappa shape index (κ1) is 16.9. The van der Waals surface area contributed by atoms with Crippen LogP contribution < -0.4 is 16.4 Å². The SMILES string of the molecule is Cn1nc(C(=O)Nc2ccnc(CNc3cccnc3N)c2)cc1C#N. The third kappa shape index (κ3) is 3.76. The Balaban J connectivity index is 1.68. The normalized spacial score (nSPS) is 10.2. The number of anilines is 3. The Labute approximate surface area is 149 Å². The van der Waals surface area contributed by atoms with E-state index in [-0.39, 0.29) is 5.69 Å². The highest BCUT2D eigenvalue weighted by Gasteiger charge is 2.13. The lowest BCUT2D eigenvalue weighted by Crippen LogP contribution is -2.13. The molecule has 0 fully saturated rings. The summed E-state index contributed by atoms with van der Waals surface area (Å²) in [7, 11) is 1.61. The molecule has 3 heterocycles. The molecule has 0 aromatic carbocycles. The van der Waals surface area contributed by atoms with Gasteiger partial charge < -0.3 is 16.4 Å². The number of amides is 1. The number of nitrogens with one attached hydrogen (secondary N) is 2. The van der Waals surface area contributed by atoms with Crippen molar-refractivity contribution in [2.75, 3.05) is 16.4 Å². The maximum Gasteiger partial charge on any atom is 0.276 e. The monoisotopic (exact) mass is 348 g/mol. The molecule has 0 saturated heterocycles. The van der Waals surface area contributed by atoms with E-state index in [1.54, 1.807) is 37.6 Å². The van der Waals surface area contributed by atoms with E-state index in [1.807, 2.05) is 12.1 Å². The van der Waals surface area contributed by atoms with Crippen LogP contribution in [0.4, 0.5) is 17.2 Å². The number of pyridine rings is 2. The van der Waals surface area contributed by atoms with Gasteiger partial charge in [0.1, 0.15) is 17.6 Å². The lowest BCUT2D eigenvalue weighted by atomic mass is 10.3. The van der Waals surface area contributed by atoms with Crippen LogP contribution in [0.3, 0.4) is 0 Å². The average molecular weight is 348 g/mol. The Hall–Kier alpha value is -3.93. The van der Waals surface area contributed by atoms with Gasteiger partial charge in [-0.25, -0.2) is 4.98 Å². The van der Waals surface area contributed by atoms with Gasteiger partial charge in [0.2, 0.25) is 0 Å². The zero-order chi connectivity index (χ0) is 18.5. The molecule has 3 aromatic rings. The molecular weight excluding hydrogens is 332 g/mol. The van der Waals surface area contributed by atoms with Gasteiger partial charge in [-0.1, -0.05) is 0 Å². The van der Waals surface area contributed by atoms with Crippen molar-refractivity contribution in [3.05, 3.63) is 59.8 Å². The molecule has 130 valence electrons. The third-order valence-electron chi connectivity index (χ3n) is 3.60. The second-order valence-electron chi connectivity index (χ2n) is 5.43. The molecule has 0 radical (unpaired) electrons. The molecule has 9 heteroatoms. The summed E-state index contributed by atoms with van der Waals surface area (Å²) in [6.45, 7) is 0.418. The number of carbonyl (C=O) groups excluding carboxylic acids is 1. The molecule has 0 atom stereocenters. The minimum atomic E-state index is -0.399. The Kier molecular flexibility index (Phi) is 4.76. The topological polar surface area (TPSA) is 135 Å². The van der Waals surface area contributed by atoms with E-state index in [1.165, 1.54) is 10.7 Å². The zero-order valence-corrected chi connectivity index (χ0v) is 14.0. The number of rotatable bonds is 5. The zero-order valence-electron chi connectivity index (χ0n) is 14.0. The first-order valence-corrected chi connectivity index (χ1v) is 7.71. The Bertz CT molecular complexity index is 988. The van der Waals surface area contributed by atoms with Crippen LogP contribution in [-0.4, -0.2) is 25.7 Å². The van der Waals surface area contributed by atoms with Gasteiger partial charge in [-0.15, -0.1) is 0 Å². The second kappa shape index (κ2) is 7.31. The molecule has 0 saturated carbocycles. The number of aryl methyl sites for hydroxylation is 1. The molecule has 0 spiro atoms. The Morgan fingerprint density at radius 2 is 2.15 bits per heavy atom. The van der Waals surface area contributed by atoms with Crippen molar-refractivity contribution in [1.29, 1.82) is 5.26 Å². The van der Waals surface area contributed by atoms with E-state index < -0.39 is 5.91 Å². The van der Waals surface area contributed by atoms with Crippen molar-refractivity contribution >= 4 is 23.1 Å². The van der Waals surface area contributed by atoms with Crippen LogP contribution >= 0.6 is 0 Å². The van der Waals surface area contributed by atoms with Crippen LogP contribution in [0.2, 0.25) is 0 Å². The maximum atomic E-state index is 12.3. The largest absolute Gasteiger partial charge is 0.382 e. The smallest absolute Gasteiger partial charge is 0.276 e. The van der Waals surface area contributed by atoms with Crippen molar-refractivity contribution in [3.8, 4) is 6.07 Å². The number of carbonyl (C=O) groups is 1. The molecule has 0 aliphatic rings. The number of nitriles is 1. The number of nitrogens with two attached hydrogens (primary N) is 1. The summed E-state index contributed by atoms with van der Waals surface area (Å²) in [5.41, 5.74) is 8.26.